The third kappa shape index (κ3) is 2.24. The summed E-state index contributed by atoms with van der Waals surface area (Å²) in [5, 5.41) is 3.19. The number of nitrogens with one attached hydrogen (secondary N) is 1. The summed E-state index contributed by atoms with van der Waals surface area (Å²) in [7, 11) is 4.20. The summed E-state index contributed by atoms with van der Waals surface area (Å²) < 4.78 is 5.50. The van der Waals surface area contributed by atoms with Gasteiger partial charge in [0.25, 0.3) is 0 Å². The van der Waals surface area contributed by atoms with E-state index in [4.69, 9.17) is 4.42 Å². The lowest BCUT2D eigenvalue weighted by Crippen LogP contribution is -2.32. The monoisotopic (exact) mass is 208 g/mol. The molecule has 0 saturated heterocycles. The Labute approximate surface area is 91.4 Å². The van der Waals surface area contributed by atoms with E-state index in [-0.39, 0.29) is 0 Å². The van der Waals surface area contributed by atoms with Crippen LogP contribution in [0.15, 0.2) is 16.7 Å². The predicted molar refractivity (Wildman–Crippen MR) is 60.9 cm³/mol. The Kier molecular flexibility index (Phi) is 3.44. The van der Waals surface area contributed by atoms with Gasteiger partial charge in [0.1, 0.15) is 5.76 Å². The normalized spacial score (nSPS) is 20.6. The summed E-state index contributed by atoms with van der Waals surface area (Å²) in [4.78, 5) is 2.42. The molecule has 1 aliphatic carbocycles. The van der Waals surface area contributed by atoms with Crippen molar-refractivity contribution in [3.05, 3.63) is 23.7 Å². The number of aryl methyl sites for hydroxylation is 1. The van der Waals surface area contributed by atoms with Gasteiger partial charge in [0.05, 0.1) is 6.26 Å². The predicted octanol–water partition coefficient (Wildman–Crippen LogP) is 1.81. The van der Waals surface area contributed by atoms with Crippen molar-refractivity contribution in [1.29, 1.82) is 0 Å². The van der Waals surface area contributed by atoms with Crippen molar-refractivity contribution in [2.24, 2.45) is 0 Å². The van der Waals surface area contributed by atoms with Crippen LogP contribution in [0.1, 0.15) is 30.2 Å². The first-order valence-corrected chi connectivity index (χ1v) is 5.74. The summed E-state index contributed by atoms with van der Waals surface area (Å²) >= 11 is 0. The molecule has 0 bridgehead atoms. The molecule has 1 aromatic heterocycles. The average Bonchev–Trinajstić information content (AvgIpc) is 2.73. The van der Waals surface area contributed by atoms with Crippen molar-refractivity contribution in [3.8, 4) is 0 Å². The van der Waals surface area contributed by atoms with Gasteiger partial charge in [0, 0.05) is 31.1 Å². The number of furan rings is 1. The average molecular weight is 208 g/mol. The molecule has 1 unspecified atom stereocenters. The molecular weight excluding hydrogens is 188 g/mol. The summed E-state index contributed by atoms with van der Waals surface area (Å²) in [6.07, 6.45) is 5.44. The Morgan fingerprint density at radius 1 is 1.60 bits per heavy atom. The van der Waals surface area contributed by atoms with E-state index >= 15 is 0 Å². The fraction of sp³-hybridized carbons (Fsp3) is 0.667. The molecule has 0 fully saturated rings. The van der Waals surface area contributed by atoms with E-state index in [1.165, 1.54) is 24.2 Å². The second-order valence-electron chi connectivity index (χ2n) is 4.29. The van der Waals surface area contributed by atoms with Gasteiger partial charge in [-0.15, -0.1) is 0 Å². The highest BCUT2D eigenvalue weighted by Gasteiger charge is 2.25. The molecule has 15 heavy (non-hydrogen) atoms. The maximum absolute atomic E-state index is 5.50. The lowest BCUT2D eigenvalue weighted by Gasteiger charge is -2.30. The molecular formula is C12H20N2O. The Hall–Kier alpha value is -0.800. The van der Waals surface area contributed by atoms with Gasteiger partial charge < -0.3 is 9.73 Å². The van der Waals surface area contributed by atoms with Gasteiger partial charge in [0.2, 0.25) is 0 Å². The molecule has 3 heteroatoms. The van der Waals surface area contributed by atoms with E-state index in [2.05, 4.69) is 23.3 Å². The molecule has 1 N–H and O–H groups in total. The largest absolute Gasteiger partial charge is 0.469 e. The zero-order chi connectivity index (χ0) is 10.7. The van der Waals surface area contributed by atoms with Gasteiger partial charge in [-0.2, -0.15) is 0 Å². The lowest BCUT2D eigenvalue weighted by molar-refractivity contribution is 0.218. The van der Waals surface area contributed by atoms with Crippen LogP contribution in [0.2, 0.25) is 0 Å². The molecule has 0 spiro atoms. The fourth-order valence-corrected chi connectivity index (χ4v) is 2.36. The van der Waals surface area contributed by atoms with Crippen molar-refractivity contribution in [2.45, 2.75) is 25.3 Å². The van der Waals surface area contributed by atoms with Gasteiger partial charge in [-0.1, -0.05) is 0 Å². The van der Waals surface area contributed by atoms with Crippen LogP contribution in [0.5, 0.6) is 0 Å². The molecule has 0 aromatic carbocycles. The smallest absolute Gasteiger partial charge is 0.108 e. The van der Waals surface area contributed by atoms with Crippen LogP contribution in [0.25, 0.3) is 0 Å². The van der Waals surface area contributed by atoms with E-state index < -0.39 is 0 Å². The van der Waals surface area contributed by atoms with E-state index in [9.17, 15) is 0 Å². The molecule has 0 saturated carbocycles. The maximum Gasteiger partial charge on any atom is 0.108 e. The van der Waals surface area contributed by atoms with E-state index in [1.807, 2.05) is 13.3 Å². The second kappa shape index (κ2) is 4.81. The summed E-state index contributed by atoms with van der Waals surface area (Å²) in [6.45, 7) is 2.13. The first-order chi connectivity index (χ1) is 7.33. The first-order valence-electron chi connectivity index (χ1n) is 5.74. The molecule has 3 nitrogen and oxygen atoms in total. The number of rotatable bonds is 4. The maximum atomic E-state index is 5.50. The van der Waals surface area contributed by atoms with Crippen LogP contribution in [0.4, 0.5) is 0 Å². The minimum Gasteiger partial charge on any atom is -0.469 e. The zero-order valence-electron chi connectivity index (χ0n) is 9.62. The second-order valence-corrected chi connectivity index (χ2v) is 4.29. The highest BCUT2D eigenvalue weighted by atomic mass is 16.3. The van der Waals surface area contributed by atoms with Gasteiger partial charge in [-0.05, 0) is 33.0 Å². The van der Waals surface area contributed by atoms with Crippen LogP contribution in [-0.2, 0) is 6.42 Å². The van der Waals surface area contributed by atoms with E-state index in [1.54, 1.807) is 0 Å². The molecule has 0 amide bonds. The summed E-state index contributed by atoms with van der Waals surface area (Å²) in [5.41, 5.74) is 1.40. The minimum atomic E-state index is 0.556. The summed E-state index contributed by atoms with van der Waals surface area (Å²) in [6, 6.07) is 2.69. The molecule has 1 aliphatic rings. The molecule has 0 aliphatic heterocycles. The topological polar surface area (TPSA) is 28.4 Å². The number of fused-ring (bicyclic) bond motifs is 1. The molecule has 84 valence electrons. The highest BCUT2D eigenvalue weighted by molar-refractivity contribution is 5.24. The Balaban J connectivity index is 2.05. The van der Waals surface area contributed by atoms with E-state index in [0.29, 0.717) is 6.04 Å². The van der Waals surface area contributed by atoms with Crippen molar-refractivity contribution in [3.63, 3.8) is 0 Å². The lowest BCUT2D eigenvalue weighted by atomic mass is 9.92. The Bertz CT molecular complexity index is 308. The van der Waals surface area contributed by atoms with Gasteiger partial charge in [-0.25, -0.2) is 0 Å². The SMILES string of the molecule is CNCCN(C)C1CCCc2occc21. The molecule has 1 aromatic rings. The fourth-order valence-electron chi connectivity index (χ4n) is 2.36. The third-order valence-electron chi connectivity index (χ3n) is 3.27. The van der Waals surface area contributed by atoms with Crippen LogP contribution < -0.4 is 5.32 Å². The number of hydrogen-bond acceptors (Lipinski definition) is 3. The summed E-state index contributed by atoms with van der Waals surface area (Å²) in [5.74, 6) is 1.20. The number of hydrogen-bond donors (Lipinski definition) is 1. The molecule has 1 heterocycles. The van der Waals surface area contributed by atoms with Gasteiger partial charge >= 0.3 is 0 Å². The van der Waals surface area contributed by atoms with Gasteiger partial charge in [-0.3, -0.25) is 4.90 Å². The van der Waals surface area contributed by atoms with Crippen LogP contribution >= 0.6 is 0 Å². The van der Waals surface area contributed by atoms with Crippen LogP contribution in [-0.4, -0.2) is 32.1 Å². The quantitative estimate of drug-likeness (QED) is 0.818. The Morgan fingerprint density at radius 2 is 2.47 bits per heavy atom. The Morgan fingerprint density at radius 3 is 3.27 bits per heavy atom. The minimum absolute atomic E-state index is 0.556. The number of likely N-dealkylation sites (N-methyl/N-ethyl adjacent to an activating group) is 2. The highest BCUT2D eigenvalue weighted by Crippen LogP contribution is 2.33. The molecule has 1 atom stereocenters. The van der Waals surface area contributed by atoms with Crippen molar-refractivity contribution in [2.75, 3.05) is 27.2 Å². The third-order valence-corrected chi connectivity index (χ3v) is 3.27. The molecule has 0 radical (unpaired) electrons. The van der Waals surface area contributed by atoms with Crippen molar-refractivity contribution < 1.29 is 4.42 Å². The van der Waals surface area contributed by atoms with Crippen molar-refractivity contribution >= 4 is 0 Å². The van der Waals surface area contributed by atoms with Crippen LogP contribution in [0.3, 0.4) is 0 Å². The standard InChI is InChI=1S/C12H20N2O/c1-13-7-8-14(2)11-4-3-5-12-10(11)6-9-15-12/h6,9,11,13H,3-5,7-8H2,1-2H3. The first kappa shape index (κ1) is 10.7. The van der Waals surface area contributed by atoms with Crippen molar-refractivity contribution in [1.82, 2.24) is 10.2 Å². The van der Waals surface area contributed by atoms with Gasteiger partial charge in [0.15, 0.2) is 0 Å². The van der Waals surface area contributed by atoms with E-state index in [0.717, 1.165) is 19.5 Å². The van der Waals surface area contributed by atoms with Crippen LogP contribution in [0, 0.1) is 0 Å². The molecule has 2 rings (SSSR count). The zero-order valence-corrected chi connectivity index (χ0v) is 9.62. The number of nitrogens with zero attached hydrogens (tertiary/aromatic N) is 1.